The minimum absolute atomic E-state index is 0.717. The molecule has 0 aliphatic carbocycles. The zero-order chi connectivity index (χ0) is 11.5. The molecule has 2 fully saturated rings. The fourth-order valence-corrected chi connectivity index (χ4v) is 2.88. The summed E-state index contributed by atoms with van der Waals surface area (Å²) in [6.07, 6.45) is 4.11. The topological polar surface area (TPSA) is 18.5 Å². The van der Waals surface area contributed by atoms with Gasteiger partial charge in [0.1, 0.15) is 0 Å². The minimum atomic E-state index is 0.717. The van der Waals surface area contributed by atoms with Crippen molar-refractivity contribution in [1.29, 1.82) is 0 Å². The smallest absolute Gasteiger partial charge is 0.0345 e. The summed E-state index contributed by atoms with van der Waals surface area (Å²) in [4.78, 5) is 5.26. The van der Waals surface area contributed by atoms with E-state index in [0.717, 1.165) is 18.1 Å². The highest BCUT2D eigenvalue weighted by Crippen LogP contribution is 2.20. The van der Waals surface area contributed by atoms with Gasteiger partial charge in [0.2, 0.25) is 0 Å². The Hall–Kier alpha value is -0.120. The van der Waals surface area contributed by atoms with Gasteiger partial charge in [-0.05, 0) is 53.2 Å². The quantitative estimate of drug-likeness (QED) is 0.777. The van der Waals surface area contributed by atoms with Gasteiger partial charge in [-0.2, -0.15) is 0 Å². The number of hydrogen-bond acceptors (Lipinski definition) is 3. The molecule has 0 aromatic rings. The first-order valence-electron chi connectivity index (χ1n) is 6.85. The van der Waals surface area contributed by atoms with E-state index in [1.54, 1.807) is 0 Å². The van der Waals surface area contributed by atoms with E-state index in [2.05, 4.69) is 36.0 Å². The van der Waals surface area contributed by atoms with E-state index in [9.17, 15) is 0 Å². The minimum Gasteiger partial charge on any atom is -0.314 e. The molecule has 0 radical (unpaired) electrons. The van der Waals surface area contributed by atoms with Crippen molar-refractivity contribution in [3.05, 3.63) is 0 Å². The molecule has 1 unspecified atom stereocenters. The van der Waals surface area contributed by atoms with Gasteiger partial charge in [0, 0.05) is 31.2 Å². The maximum absolute atomic E-state index is 3.37. The third-order valence-corrected chi connectivity index (χ3v) is 4.37. The van der Waals surface area contributed by atoms with Crippen LogP contribution in [0.1, 0.15) is 33.1 Å². The fourth-order valence-electron chi connectivity index (χ4n) is 2.88. The molecule has 0 aromatic carbocycles. The zero-order valence-corrected chi connectivity index (χ0v) is 11.1. The second-order valence-electron chi connectivity index (χ2n) is 5.69. The summed E-state index contributed by atoms with van der Waals surface area (Å²) in [6, 6.07) is 2.33. The summed E-state index contributed by atoms with van der Waals surface area (Å²) >= 11 is 0. The summed E-state index contributed by atoms with van der Waals surface area (Å²) in [5.74, 6) is 0. The monoisotopic (exact) mass is 225 g/mol. The van der Waals surface area contributed by atoms with Gasteiger partial charge in [0.25, 0.3) is 0 Å². The molecule has 2 aliphatic heterocycles. The Morgan fingerprint density at radius 2 is 1.88 bits per heavy atom. The van der Waals surface area contributed by atoms with Crippen molar-refractivity contribution >= 4 is 0 Å². The largest absolute Gasteiger partial charge is 0.314 e. The number of rotatable bonds is 3. The van der Waals surface area contributed by atoms with Crippen molar-refractivity contribution in [2.75, 3.05) is 33.2 Å². The summed E-state index contributed by atoms with van der Waals surface area (Å²) in [5.41, 5.74) is 0. The van der Waals surface area contributed by atoms with Crippen molar-refractivity contribution < 1.29 is 0 Å². The van der Waals surface area contributed by atoms with Crippen LogP contribution in [0.2, 0.25) is 0 Å². The molecule has 0 saturated carbocycles. The van der Waals surface area contributed by atoms with E-state index in [1.807, 2.05) is 0 Å². The first kappa shape index (κ1) is 12.3. The van der Waals surface area contributed by atoms with Crippen LogP contribution in [0.3, 0.4) is 0 Å². The van der Waals surface area contributed by atoms with Crippen molar-refractivity contribution in [2.24, 2.45) is 0 Å². The molecule has 2 aliphatic rings. The highest BCUT2D eigenvalue weighted by Gasteiger charge is 2.28. The average molecular weight is 225 g/mol. The number of hydrogen-bond donors (Lipinski definition) is 1. The average Bonchev–Trinajstić information content (AvgIpc) is 2.39. The number of nitrogens with one attached hydrogen (secondary N) is 1. The third kappa shape index (κ3) is 2.76. The van der Waals surface area contributed by atoms with Gasteiger partial charge >= 0.3 is 0 Å². The molecule has 0 aromatic heterocycles. The first-order valence-corrected chi connectivity index (χ1v) is 6.85. The molecule has 16 heavy (non-hydrogen) atoms. The summed E-state index contributed by atoms with van der Waals surface area (Å²) in [6.45, 7) is 9.61. The van der Waals surface area contributed by atoms with Crippen LogP contribution in [0.4, 0.5) is 0 Å². The molecule has 2 heterocycles. The molecular weight excluding hydrogens is 198 g/mol. The highest BCUT2D eigenvalue weighted by atomic mass is 15.2. The van der Waals surface area contributed by atoms with Crippen LogP contribution < -0.4 is 5.32 Å². The molecule has 94 valence electrons. The van der Waals surface area contributed by atoms with Crippen LogP contribution in [-0.4, -0.2) is 61.2 Å². The summed E-state index contributed by atoms with van der Waals surface area (Å²) < 4.78 is 0. The molecule has 2 saturated heterocycles. The Kier molecular flexibility index (Phi) is 4.22. The Balaban J connectivity index is 1.83. The van der Waals surface area contributed by atoms with E-state index in [4.69, 9.17) is 0 Å². The van der Waals surface area contributed by atoms with E-state index < -0.39 is 0 Å². The zero-order valence-electron chi connectivity index (χ0n) is 11.1. The maximum atomic E-state index is 3.37. The second kappa shape index (κ2) is 5.48. The van der Waals surface area contributed by atoms with Gasteiger partial charge < -0.3 is 10.2 Å². The predicted molar refractivity (Wildman–Crippen MR) is 68.8 cm³/mol. The lowest BCUT2D eigenvalue weighted by atomic mass is 10.0. The molecule has 0 bridgehead atoms. The number of nitrogens with zero attached hydrogens (tertiary/aromatic N) is 2. The van der Waals surface area contributed by atoms with Crippen LogP contribution in [0.15, 0.2) is 0 Å². The van der Waals surface area contributed by atoms with Crippen molar-refractivity contribution in [3.8, 4) is 0 Å². The number of likely N-dealkylation sites (N-methyl/N-ethyl adjacent to an activating group) is 1. The Morgan fingerprint density at radius 1 is 1.12 bits per heavy atom. The normalized spacial score (nSPS) is 29.4. The molecule has 1 N–H and O–H groups in total. The van der Waals surface area contributed by atoms with Crippen molar-refractivity contribution in [3.63, 3.8) is 0 Å². The Morgan fingerprint density at radius 3 is 2.44 bits per heavy atom. The van der Waals surface area contributed by atoms with Gasteiger partial charge in [0.05, 0.1) is 0 Å². The molecule has 0 amide bonds. The van der Waals surface area contributed by atoms with Crippen molar-refractivity contribution in [2.45, 2.75) is 51.2 Å². The molecule has 1 atom stereocenters. The SMILES string of the molecule is CC(C)N1CCCC(N(C)C2CNC2)CC1. The first-order chi connectivity index (χ1) is 7.68. The maximum Gasteiger partial charge on any atom is 0.0345 e. The van der Waals surface area contributed by atoms with E-state index in [-0.39, 0.29) is 0 Å². The Bertz CT molecular complexity index is 213. The van der Waals surface area contributed by atoms with Crippen LogP contribution in [0.25, 0.3) is 0 Å². The van der Waals surface area contributed by atoms with Crippen molar-refractivity contribution in [1.82, 2.24) is 15.1 Å². The van der Waals surface area contributed by atoms with E-state index in [0.29, 0.717) is 0 Å². The lowest BCUT2D eigenvalue weighted by molar-refractivity contribution is 0.115. The highest BCUT2D eigenvalue weighted by molar-refractivity contribution is 4.88. The van der Waals surface area contributed by atoms with Crippen LogP contribution in [0, 0.1) is 0 Å². The van der Waals surface area contributed by atoms with Crippen LogP contribution in [0.5, 0.6) is 0 Å². The van der Waals surface area contributed by atoms with Crippen LogP contribution >= 0.6 is 0 Å². The summed E-state index contributed by atoms with van der Waals surface area (Å²) in [7, 11) is 2.32. The Labute approximate surface area is 100 Å². The third-order valence-electron chi connectivity index (χ3n) is 4.37. The number of likely N-dealkylation sites (tertiary alicyclic amines) is 1. The lowest BCUT2D eigenvalue weighted by Gasteiger charge is -2.40. The standard InChI is InChI=1S/C13H27N3/c1-11(2)16-7-4-5-12(6-8-16)15(3)13-9-14-10-13/h11-14H,4-10H2,1-3H3. The summed E-state index contributed by atoms with van der Waals surface area (Å²) in [5, 5.41) is 3.37. The molecule has 3 nitrogen and oxygen atoms in total. The predicted octanol–water partition coefficient (Wildman–Crippen LogP) is 1.15. The van der Waals surface area contributed by atoms with Crippen LogP contribution in [-0.2, 0) is 0 Å². The fraction of sp³-hybridized carbons (Fsp3) is 1.00. The van der Waals surface area contributed by atoms with Gasteiger partial charge in [-0.3, -0.25) is 4.90 Å². The molecule has 2 rings (SSSR count). The van der Waals surface area contributed by atoms with E-state index in [1.165, 1.54) is 45.4 Å². The van der Waals surface area contributed by atoms with Gasteiger partial charge in [-0.1, -0.05) is 0 Å². The van der Waals surface area contributed by atoms with Gasteiger partial charge in [-0.15, -0.1) is 0 Å². The molecular formula is C13H27N3. The molecule has 3 heteroatoms. The van der Waals surface area contributed by atoms with E-state index >= 15 is 0 Å². The van der Waals surface area contributed by atoms with Gasteiger partial charge in [-0.25, -0.2) is 0 Å². The molecule has 0 spiro atoms. The van der Waals surface area contributed by atoms with Gasteiger partial charge in [0.15, 0.2) is 0 Å². The lowest BCUT2D eigenvalue weighted by Crippen LogP contribution is -2.58. The second-order valence-corrected chi connectivity index (χ2v) is 5.69.